The van der Waals surface area contributed by atoms with Gasteiger partial charge in [0.15, 0.2) is 5.13 Å². The Balaban J connectivity index is 1.53. The number of fused-ring (bicyclic) bond motifs is 1. The van der Waals surface area contributed by atoms with Gasteiger partial charge in [-0.1, -0.05) is 0 Å². The third kappa shape index (κ3) is 4.14. The first-order valence-electron chi connectivity index (χ1n) is 9.61. The fourth-order valence-corrected chi connectivity index (χ4v) is 4.32. The third-order valence-electron chi connectivity index (χ3n) is 5.14. The highest BCUT2D eigenvalue weighted by molar-refractivity contribution is 7.14. The fraction of sp³-hybridized carbons (Fsp3) is 0.273. The summed E-state index contributed by atoms with van der Waals surface area (Å²) in [6.07, 6.45) is -0.881. The summed E-state index contributed by atoms with van der Waals surface area (Å²) >= 11 is 1.34. The molecule has 1 atom stereocenters. The Bertz CT molecular complexity index is 1080. The van der Waals surface area contributed by atoms with Crippen LogP contribution < -0.4 is 19.5 Å². The molecular weight excluding hydrogens is 418 g/mol. The van der Waals surface area contributed by atoms with Crippen LogP contribution in [0.5, 0.6) is 17.2 Å². The summed E-state index contributed by atoms with van der Waals surface area (Å²) in [6.45, 7) is 0.443. The Morgan fingerprint density at radius 3 is 2.48 bits per heavy atom. The zero-order chi connectivity index (χ0) is 22.0. The molecule has 162 valence electrons. The average molecular weight is 442 g/mol. The molecular formula is C22H23N3O5S. The normalized spacial score (nSPS) is 15.2. The molecule has 1 amide bonds. The van der Waals surface area contributed by atoms with Crippen molar-refractivity contribution in [1.29, 1.82) is 0 Å². The second-order valence-corrected chi connectivity index (χ2v) is 7.81. The third-order valence-corrected chi connectivity index (χ3v) is 5.90. The minimum Gasteiger partial charge on any atom is -0.497 e. The van der Waals surface area contributed by atoms with Gasteiger partial charge in [0.05, 0.1) is 34.4 Å². The molecule has 0 spiro atoms. The zero-order valence-corrected chi connectivity index (χ0v) is 18.2. The number of carbonyl (C=O) groups excluding carboxylic acids is 1. The molecule has 2 aromatic carbocycles. The molecule has 0 saturated heterocycles. The summed E-state index contributed by atoms with van der Waals surface area (Å²) in [7, 11) is 4.73. The summed E-state index contributed by atoms with van der Waals surface area (Å²) in [5.74, 6) is 1.69. The number of methoxy groups -OCH3 is 3. The highest BCUT2D eigenvalue weighted by atomic mass is 32.1. The number of hydrogen-bond donors (Lipinski definition) is 2. The van der Waals surface area contributed by atoms with E-state index in [9.17, 15) is 9.90 Å². The van der Waals surface area contributed by atoms with Gasteiger partial charge in [-0.2, -0.15) is 0 Å². The summed E-state index contributed by atoms with van der Waals surface area (Å²) < 4.78 is 16.0. The lowest BCUT2D eigenvalue weighted by Gasteiger charge is -2.33. The van der Waals surface area contributed by atoms with Crippen LogP contribution in [0.2, 0.25) is 0 Å². The monoisotopic (exact) mass is 441 g/mol. The van der Waals surface area contributed by atoms with E-state index in [2.05, 4.69) is 10.3 Å². The number of amides is 1. The van der Waals surface area contributed by atoms with E-state index < -0.39 is 6.10 Å². The van der Waals surface area contributed by atoms with Gasteiger partial charge in [0.2, 0.25) is 0 Å². The standard InChI is InChI=1S/C22H23N3O5S/c1-28-14-6-4-13(5-7-14)23-22-24-16(12-31-22)21(27)25-10-15-18(29-2)8-9-19(30-3)20(15)17(26)11-25/h4-9,12,17,26H,10-11H2,1-3H3,(H,23,24). The van der Waals surface area contributed by atoms with Gasteiger partial charge >= 0.3 is 0 Å². The molecule has 31 heavy (non-hydrogen) atoms. The molecule has 8 nitrogen and oxygen atoms in total. The van der Waals surface area contributed by atoms with E-state index in [0.717, 1.165) is 17.0 Å². The van der Waals surface area contributed by atoms with Crippen molar-refractivity contribution in [2.45, 2.75) is 12.6 Å². The number of nitrogens with zero attached hydrogens (tertiary/aromatic N) is 2. The molecule has 1 aromatic heterocycles. The summed E-state index contributed by atoms with van der Waals surface area (Å²) in [5, 5.41) is 16.2. The van der Waals surface area contributed by atoms with Crippen molar-refractivity contribution in [2.75, 3.05) is 33.2 Å². The molecule has 9 heteroatoms. The van der Waals surface area contributed by atoms with Crippen LogP contribution in [0.15, 0.2) is 41.8 Å². The predicted molar refractivity (Wildman–Crippen MR) is 118 cm³/mol. The van der Waals surface area contributed by atoms with Crippen LogP contribution in [0.1, 0.15) is 27.7 Å². The zero-order valence-electron chi connectivity index (χ0n) is 17.4. The van der Waals surface area contributed by atoms with E-state index in [1.807, 2.05) is 24.3 Å². The lowest BCUT2D eigenvalue weighted by molar-refractivity contribution is 0.0534. The fourth-order valence-electron chi connectivity index (χ4n) is 3.62. The second-order valence-electron chi connectivity index (χ2n) is 6.96. The van der Waals surface area contributed by atoms with Crippen molar-refractivity contribution >= 4 is 28.1 Å². The predicted octanol–water partition coefficient (Wildman–Crippen LogP) is 3.60. The van der Waals surface area contributed by atoms with Crippen molar-refractivity contribution in [3.05, 3.63) is 58.6 Å². The van der Waals surface area contributed by atoms with Gasteiger partial charge in [0.25, 0.3) is 5.91 Å². The maximum atomic E-state index is 13.1. The Kier molecular flexibility index (Phi) is 5.97. The number of benzene rings is 2. The van der Waals surface area contributed by atoms with Gasteiger partial charge in [0, 0.05) is 22.2 Å². The van der Waals surface area contributed by atoms with Crippen LogP contribution in [-0.4, -0.2) is 48.8 Å². The van der Waals surface area contributed by atoms with Gasteiger partial charge in [0.1, 0.15) is 29.0 Å². The quantitative estimate of drug-likeness (QED) is 0.604. The number of carbonyl (C=O) groups is 1. The van der Waals surface area contributed by atoms with Gasteiger partial charge < -0.3 is 29.5 Å². The van der Waals surface area contributed by atoms with Crippen LogP contribution in [-0.2, 0) is 6.54 Å². The van der Waals surface area contributed by atoms with Crippen molar-refractivity contribution in [3.8, 4) is 17.2 Å². The molecule has 1 unspecified atom stereocenters. The maximum absolute atomic E-state index is 13.1. The number of aliphatic hydroxyl groups excluding tert-OH is 1. The number of hydrogen-bond acceptors (Lipinski definition) is 8. The molecule has 0 radical (unpaired) electrons. The number of rotatable bonds is 6. The van der Waals surface area contributed by atoms with E-state index in [0.29, 0.717) is 34.4 Å². The van der Waals surface area contributed by atoms with Crippen molar-refractivity contribution in [1.82, 2.24) is 9.88 Å². The molecule has 0 saturated carbocycles. The minimum atomic E-state index is -0.881. The van der Waals surface area contributed by atoms with E-state index in [1.54, 1.807) is 43.7 Å². The van der Waals surface area contributed by atoms with E-state index in [4.69, 9.17) is 14.2 Å². The molecule has 1 aliphatic rings. The first-order chi connectivity index (χ1) is 15.0. The van der Waals surface area contributed by atoms with Crippen molar-refractivity contribution in [2.24, 2.45) is 0 Å². The largest absolute Gasteiger partial charge is 0.497 e. The number of thiazole rings is 1. The van der Waals surface area contributed by atoms with Crippen LogP contribution in [0.3, 0.4) is 0 Å². The molecule has 0 bridgehead atoms. The summed E-state index contributed by atoms with van der Waals surface area (Å²) in [4.78, 5) is 19.1. The van der Waals surface area contributed by atoms with E-state index >= 15 is 0 Å². The second kappa shape index (κ2) is 8.83. The first kappa shape index (κ1) is 21.0. The van der Waals surface area contributed by atoms with E-state index in [-0.39, 0.29) is 12.5 Å². The SMILES string of the molecule is COc1ccc(Nc2nc(C(=O)N3Cc4c(OC)ccc(OC)c4C(O)C3)cs2)cc1. The Morgan fingerprint density at radius 2 is 1.81 bits per heavy atom. The lowest BCUT2D eigenvalue weighted by Crippen LogP contribution is -2.38. The summed E-state index contributed by atoms with van der Waals surface area (Å²) in [5.41, 5.74) is 2.55. The van der Waals surface area contributed by atoms with Crippen LogP contribution in [0, 0.1) is 0 Å². The number of ether oxygens (including phenoxy) is 3. The molecule has 2 N–H and O–H groups in total. The average Bonchev–Trinajstić information content (AvgIpc) is 3.26. The lowest BCUT2D eigenvalue weighted by atomic mass is 9.95. The van der Waals surface area contributed by atoms with Crippen LogP contribution in [0.25, 0.3) is 0 Å². The van der Waals surface area contributed by atoms with Crippen molar-refractivity contribution in [3.63, 3.8) is 0 Å². The smallest absolute Gasteiger partial charge is 0.273 e. The molecule has 1 aliphatic heterocycles. The topological polar surface area (TPSA) is 93.2 Å². The van der Waals surface area contributed by atoms with Crippen molar-refractivity contribution < 1.29 is 24.1 Å². The Labute approximate surface area is 184 Å². The Hall–Kier alpha value is -3.30. The van der Waals surface area contributed by atoms with E-state index in [1.165, 1.54) is 11.3 Å². The van der Waals surface area contributed by atoms with Gasteiger partial charge in [-0.25, -0.2) is 4.98 Å². The summed E-state index contributed by atoms with van der Waals surface area (Å²) in [6, 6.07) is 11.0. The minimum absolute atomic E-state index is 0.147. The molecule has 0 aliphatic carbocycles. The molecule has 3 aromatic rings. The Morgan fingerprint density at radius 1 is 1.10 bits per heavy atom. The maximum Gasteiger partial charge on any atom is 0.273 e. The number of nitrogens with one attached hydrogen (secondary N) is 1. The number of β-amino-alcohol motifs (C(OH)–C–C–N with tert-alkyl or cyclic N) is 1. The number of aliphatic hydroxyl groups is 1. The van der Waals surface area contributed by atoms with Gasteiger partial charge in [-0.05, 0) is 36.4 Å². The number of aromatic nitrogens is 1. The molecule has 4 rings (SSSR count). The van der Waals surface area contributed by atoms with Crippen LogP contribution >= 0.6 is 11.3 Å². The number of anilines is 2. The highest BCUT2D eigenvalue weighted by Crippen LogP contribution is 2.39. The van der Waals surface area contributed by atoms with Gasteiger partial charge in [-0.3, -0.25) is 4.79 Å². The van der Waals surface area contributed by atoms with Crippen LogP contribution in [0.4, 0.5) is 10.8 Å². The molecule has 2 heterocycles. The molecule has 0 fully saturated rings. The first-order valence-corrected chi connectivity index (χ1v) is 10.5. The highest BCUT2D eigenvalue weighted by Gasteiger charge is 2.33. The van der Waals surface area contributed by atoms with Gasteiger partial charge in [-0.15, -0.1) is 11.3 Å².